The topological polar surface area (TPSA) is 35.6 Å². The van der Waals surface area contributed by atoms with Gasteiger partial charge in [0.1, 0.15) is 0 Å². The Bertz CT molecular complexity index is 519. The fourth-order valence-electron chi connectivity index (χ4n) is 3.74. The zero-order chi connectivity index (χ0) is 16.1. The van der Waals surface area contributed by atoms with Crippen LogP contribution in [0.3, 0.4) is 0 Å². The minimum absolute atomic E-state index is 0.284. The van der Waals surface area contributed by atoms with Gasteiger partial charge in [-0.25, -0.2) is 0 Å². The van der Waals surface area contributed by atoms with Crippen LogP contribution >= 0.6 is 0 Å². The van der Waals surface area contributed by atoms with E-state index in [1.807, 2.05) is 12.1 Å². The number of rotatable bonds is 6. The summed E-state index contributed by atoms with van der Waals surface area (Å²) >= 11 is 0. The van der Waals surface area contributed by atoms with Gasteiger partial charge in [-0.05, 0) is 56.9 Å². The normalized spacial score (nSPS) is 21.7. The van der Waals surface area contributed by atoms with Crippen LogP contribution in [0.5, 0.6) is 0 Å². The zero-order valence-corrected chi connectivity index (χ0v) is 14.3. The summed E-state index contributed by atoms with van der Waals surface area (Å²) in [4.78, 5) is 17.6. The molecule has 2 saturated heterocycles. The van der Waals surface area contributed by atoms with E-state index >= 15 is 0 Å². The van der Waals surface area contributed by atoms with Crippen molar-refractivity contribution >= 4 is 5.91 Å². The Hall–Kier alpha value is -1.39. The molecular formula is C19H29N3O. The van der Waals surface area contributed by atoms with Gasteiger partial charge < -0.3 is 15.1 Å². The highest BCUT2D eigenvalue weighted by atomic mass is 16.2. The van der Waals surface area contributed by atoms with Crippen LogP contribution in [0, 0.1) is 6.92 Å². The summed E-state index contributed by atoms with van der Waals surface area (Å²) in [6, 6.07) is 8.61. The largest absolute Gasteiger partial charge is 0.337 e. The molecule has 1 unspecified atom stereocenters. The molecule has 0 spiro atoms. The number of amides is 1. The Balaban J connectivity index is 1.63. The number of carbonyl (C=O) groups excluding carboxylic acids is 1. The summed E-state index contributed by atoms with van der Waals surface area (Å²) in [5.74, 6) is 0.284. The summed E-state index contributed by atoms with van der Waals surface area (Å²) in [6.45, 7) is 8.36. The maximum atomic E-state index is 12.9. The molecule has 0 aromatic heterocycles. The Morgan fingerprint density at radius 2 is 2.09 bits per heavy atom. The van der Waals surface area contributed by atoms with Gasteiger partial charge in [-0.1, -0.05) is 24.3 Å². The smallest absolute Gasteiger partial charge is 0.227 e. The summed E-state index contributed by atoms with van der Waals surface area (Å²) in [5.41, 5.74) is 2.37. The molecule has 0 bridgehead atoms. The van der Waals surface area contributed by atoms with Crippen LogP contribution in [0.1, 0.15) is 30.4 Å². The molecule has 2 fully saturated rings. The summed E-state index contributed by atoms with van der Waals surface area (Å²) in [7, 11) is 0. The second kappa shape index (κ2) is 7.93. The summed E-state index contributed by atoms with van der Waals surface area (Å²) < 4.78 is 0. The highest BCUT2D eigenvalue weighted by molar-refractivity contribution is 5.79. The third kappa shape index (κ3) is 4.33. The molecule has 0 saturated carbocycles. The third-order valence-corrected chi connectivity index (χ3v) is 5.25. The van der Waals surface area contributed by atoms with E-state index in [1.54, 1.807) is 0 Å². The van der Waals surface area contributed by atoms with Gasteiger partial charge in [-0.2, -0.15) is 0 Å². The van der Waals surface area contributed by atoms with Gasteiger partial charge >= 0.3 is 0 Å². The minimum atomic E-state index is 0.284. The van der Waals surface area contributed by atoms with Crippen molar-refractivity contribution in [3.8, 4) is 0 Å². The SMILES string of the molecule is Cc1ccccc1CC(=O)N(CCN1CCCC1)C1CCNC1. The van der Waals surface area contributed by atoms with Crippen LogP contribution in [-0.4, -0.2) is 61.0 Å². The number of hydrogen-bond acceptors (Lipinski definition) is 3. The van der Waals surface area contributed by atoms with Crippen LogP contribution in [0.4, 0.5) is 0 Å². The van der Waals surface area contributed by atoms with Gasteiger partial charge in [0.2, 0.25) is 5.91 Å². The molecule has 4 heteroatoms. The lowest BCUT2D eigenvalue weighted by Gasteiger charge is -2.30. The Labute approximate surface area is 139 Å². The Morgan fingerprint density at radius 1 is 1.30 bits per heavy atom. The number of nitrogens with zero attached hydrogens (tertiary/aromatic N) is 2. The second-order valence-electron chi connectivity index (χ2n) is 6.89. The highest BCUT2D eigenvalue weighted by Crippen LogP contribution is 2.15. The van der Waals surface area contributed by atoms with Crippen molar-refractivity contribution in [1.82, 2.24) is 15.1 Å². The van der Waals surface area contributed by atoms with Gasteiger partial charge in [0, 0.05) is 25.7 Å². The molecule has 1 aromatic rings. The average Bonchev–Trinajstić information content (AvgIpc) is 3.23. The standard InChI is InChI=1S/C19H29N3O/c1-16-6-2-3-7-17(16)14-19(23)22(18-8-9-20-15-18)13-12-21-10-4-5-11-21/h2-3,6-7,18,20H,4-5,8-15H2,1H3. The molecule has 0 radical (unpaired) electrons. The molecule has 2 aliphatic heterocycles. The molecule has 0 aliphatic carbocycles. The Kier molecular flexibility index (Phi) is 5.68. The van der Waals surface area contributed by atoms with Crippen LogP contribution in [0.15, 0.2) is 24.3 Å². The lowest BCUT2D eigenvalue weighted by molar-refractivity contribution is -0.132. The lowest BCUT2D eigenvalue weighted by Crippen LogP contribution is -2.46. The van der Waals surface area contributed by atoms with E-state index in [-0.39, 0.29) is 5.91 Å². The minimum Gasteiger partial charge on any atom is -0.337 e. The van der Waals surface area contributed by atoms with Crippen molar-refractivity contribution in [3.05, 3.63) is 35.4 Å². The van der Waals surface area contributed by atoms with E-state index in [4.69, 9.17) is 0 Å². The van der Waals surface area contributed by atoms with Crippen molar-refractivity contribution in [2.45, 2.75) is 38.6 Å². The van der Waals surface area contributed by atoms with Gasteiger partial charge in [0.25, 0.3) is 0 Å². The van der Waals surface area contributed by atoms with Crippen LogP contribution in [-0.2, 0) is 11.2 Å². The number of hydrogen-bond donors (Lipinski definition) is 1. The Morgan fingerprint density at radius 3 is 2.78 bits per heavy atom. The fraction of sp³-hybridized carbons (Fsp3) is 0.632. The highest BCUT2D eigenvalue weighted by Gasteiger charge is 2.27. The van der Waals surface area contributed by atoms with Crippen LogP contribution < -0.4 is 5.32 Å². The van der Waals surface area contributed by atoms with E-state index in [1.165, 1.54) is 31.5 Å². The van der Waals surface area contributed by atoms with E-state index in [2.05, 4.69) is 34.2 Å². The maximum absolute atomic E-state index is 12.9. The summed E-state index contributed by atoms with van der Waals surface area (Å²) in [5, 5.41) is 3.40. The van der Waals surface area contributed by atoms with E-state index in [9.17, 15) is 4.79 Å². The predicted octanol–water partition coefficient (Wildman–Crippen LogP) is 1.82. The number of aryl methyl sites for hydroxylation is 1. The predicted molar refractivity (Wildman–Crippen MR) is 93.5 cm³/mol. The van der Waals surface area contributed by atoms with Gasteiger partial charge in [0.05, 0.1) is 6.42 Å². The maximum Gasteiger partial charge on any atom is 0.227 e. The van der Waals surface area contributed by atoms with E-state index in [0.717, 1.165) is 38.2 Å². The first-order valence-electron chi connectivity index (χ1n) is 9.01. The van der Waals surface area contributed by atoms with Crippen molar-refractivity contribution in [2.75, 3.05) is 39.3 Å². The van der Waals surface area contributed by atoms with Crippen molar-refractivity contribution < 1.29 is 4.79 Å². The zero-order valence-electron chi connectivity index (χ0n) is 14.3. The molecule has 2 aliphatic rings. The lowest BCUT2D eigenvalue weighted by atomic mass is 10.0. The molecule has 23 heavy (non-hydrogen) atoms. The van der Waals surface area contributed by atoms with Crippen molar-refractivity contribution in [3.63, 3.8) is 0 Å². The number of benzene rings is 1. The molecule has 1 aromatic carbocycles. The molecule has 1 N–H and O–H groups in total. The molecule has 4 nitrogen and oxygen atoms in total. The van der Waals surface area contributed by atoms with Crippen LogP contribution in [0.2, 0.25) is 0 Å². The van der Waals surface area contributed by atoms with Crippen molar-refractivity contribution in [2.24, 2.45) is 0 Å². The van der Waals surface area contributed by atoms with Gasteiger partial charge in [-0.3, -0.25) is 4.79 Å². The number of carbonyl (C=O) groups is 1. The molecule has 126 valence electrons. The van der Waals surface area contributed by atoms with Gasteiger partial charge in [-0.15, -0.1) is 0 Å². The molecule has 1 atom stereocenters. The third-order valence-electron chi connectivity index (χ3n) is 5.25. The summed E-state index contributed by atoms with van der Waals surface area (Å²) in [6.07, 6.45) is 4.23. The molecule has 1 amide bonds. The quantitative estimate of drug-likeness (QED) is 0.870. The van der Waals surface area contributed by atoms with Crippen LogP contribution in [0.25, 0.3) is 0 Å². The molecule has 2 heterocycles. The number of likely N-dealkylation sites (tertiary alicyclic amines) is 1. The number of nitrogens with one attached hydrogen (secondary N) is 1. The first-order valence-corrected chi connectivity index (χ1v) is 9.01. The van der Waals surface area contributed by atoms with E-state index < -0.39 is 0 Å². The second-order valence-corrected chi connectivity index (χ2v) is 6.89. The molecular weight excluding hydrogens is 286 g/mol. The first-order chi connectivity index (χ1) is 11.2. The molecule has 3 rings (SSSR count). The van der Waals surface area contributed by atoms with E-state index in [0.29, 0.717) is 12.5 Å². The van der Waals surface area contributed by atoms with Gasteiger partial charge in [0.15, 0.2) is 0 Å². The fourth-order valence-corrected chi connectivity index (χ4v) is 3.74. The monoisotopic (exact) mass is 315 g/mol. The first kappa shape index (κ1) is 16.5. The van der Waals surface area contributed by atoms with Crippen molar-refractivity contribution in [1.29, 1.82) is 0 Å². The average molecular weight is 315 g/mol.